The third kappa shape index (κ3) is 6.32. The SMILES string of the molecule is CC(C)CC(c1ccc(C(F)(F)F)c(C(=O)N2Cc3nccnc3C2)c1)N1C(=O)[C@](CC2CCOCC2)(c2ccc(F)cc2)N=C1N. The minimum absolute atomic E-state index is 0.0234. The van der Waals surface area contributed by atoms with Gasteiger partial charge in [-0.25, -0.2) is 9.38 Å². The van der Waals surface area contributed by atoms with E-state index in [0.717, 1.165) is 6.07 Å². The van der Waals surface area contributed by atoms with Crippen LogP contribution in [0.5, 0.6) is 0 Å². The normalized spacial score (nSPS) is 20.9. The fourth-order valence-electron chi connectivity index (χ4n) is 6.86. The molecule has 0 aliphatic carbocycles. The zero-order valence-electron chi connectivity index (χ0n) is 26.1. The number of guanidine groups is 1. The van der Waals surface area contributed by atoms with Crippen LogP contribution in [0.25, 0.3) is 0 Å². The molecule has 13 heteroatoms. The number of aromatic nitrogens is 2. The smallest absolute Gasteiger partial charge is 0.381 e. The highest BCUT2D eigenvalue weighted by molar-refractivity contribution is 6.07. The molecule has 2 N–H and O–H groups in total. The van der Waals surface area contributed by atoms with Gasteiger partial charge in [0.1, 0.15) is 5.82 Å². The van der Waals surface area contributed by atoms with Crippen molar-refractivity contribution >= 4 is 17.8 Å². The molecule has 2 atom stereocenters. The molecule has 1 aromatic heterocycles. The van der Waals surface area contributed by atoms with Gasteiger partial charge in [0.2, 0.25) is 0 Å². The summed E-state index contributed by atoms with van der Waals surface area (Å²) in [6.45, 7) is 4.97. The highest BCUT2D eigenvalue weighted by Crippen LogP contribution is 2.45. The van der Waals surface area contributed by atoms with E-state index in [1.165, 1.54) is 58.6 Å². The average molecular weight is 653 g/mol. The molecule has 3 aromatic rings. The molecule has 0 spiro atoms. The molecule has 1 saturated heterocycles. The van der Waals surface area contributed by atoms with E-state index in [0.29, 0.717) is 61.4 Å². The number of fused-ring (bicyclic) bond motifs is 1. The number of carbonyl (C=O) groups excluding carboxylic acids is 2. The number of halogens is 4. The highest BCUT2D eigenvalue weighted by Gasteiger charge is 2.52. The Morgan fingerprint density at radius 2 is 1.68 bits per heavy atom. The van der Waals surface area contributed by atoms with Crippen molar-refractivity contribution in [1.82, 2.24) is 19.8 Å². The number of rotatable bonds is 8. The van der Waals surface area contributed by atoms with Crippen molar-refractivity contribution in [2.24, 2.45) is 22.6 Å². The van der Waals surface area contributed by atoms with E-state index in [2.05, 4.69) is 9.97 Å². The van der Waals surface area contributed by atoms with Gasteiger partial charge in [-0.2, -0.15) is 13.2 Å². The molecular formula is C34H36F4N6O3. The number of hydrogen-bond acceptors (Lipinski definition) is 7. The number of carbonyl (C=O) groups is 2. The first-order valence-corrected chi connectivity index (χ1v) is 15.7. The van der Waals surface area contributed by atoms with Gasteiger partial charge in [-0.1, -0.05) is 32.0 Å². The molecule has 0 radical (unpaired) electrons. The summed E-state index contributed by atoms with van der Waals surface area (Å²) in [5, 5.41) is 0. The maximum absolute atomic E-state index is 14.7. The molecule has 0 bridgehead atoms. The van der Waals surface area contributed by atoms with Crippen LogP contribution in [0.15, 0.2) is 59.9 Å². The van der Waals surface area contributed by atoms with Gasteiger partial charge in [-0.05, 0) is 72.9 Å². The third-order valence-corrected chi connectivity index (χ3v) is 9.17. The lowest BCUT2D eigenvalue weighted by molar-refractivity contribution is -0.138. The number of benzene rings is 2. The van der Waals surface area contributed by atoms with Crippen LogP contribution in [0.3, 0.4) is 0 Å². The Kier molecular flexibility index (Phi) is 8.77. The molecular weight excluding hydrogens is 616 g/mol. The fourth-order valence-corrected chi connectivity index (χ4v) is 6.86. The summed E-state index contributed by atoms with van der Waals surface area (Å²) in [6, 6.07) is 8.15. The summed E-state index contributed by atoms with van der Waals surface area (Å²) >= 11 is 0. The van der Waals surface area contributed by atoms with E-state index in [1.807, 2.05) is 13.8 Å². The Balaban J connectivity index is 1.41. The zero-order chi connectivity index (χ0) is 33.5. The molecule has 3 aliphatic heterocycles. The Bertz CT molecular complexity index is 1660. The van der Waals surface area contributed by atoms with Crippen molar-refractivity contribution in [1.29, 1.82) is 0 Å². The average Bonchev–Trinajstić information content (AvgIpc) is 3.58. The van der Waals surface area contributed by atoms with Gasteiger partial charge in [-0.15, -0.1) is 0 Å². The number of ether oxygens (including phenoxy) is 1. The maximum Gasteiger partial charge on any atom is 0.417 e. The lowest BCUT2D eigenvalue weighted by Gasteiger charge is -2.35. The molecule has 9 nitrogen and oxygen atoms in total. The first-order chi connectivity index (χ1) is 22.4. The number of aliphatic imine (C=N–C) groups is 1. The standard InChI is InChI=1S/C34H36F4N6O3/c1-20(2)15-29(22-3-8-26(34(36,37)38)25(16-22)30(45)43-18-27-28(19-43)41-12-11-40-27)44-31(46)33(42-32(44)39,17-21-9-13-47-14-10-21)23-4-6-24(35)7-5-23/h3-8,11-12,16,20-21,29H,9-10,13-15,17-19H2,1-2H3,(H2,39,42)/t29?,33-/m0/s1. The van der Waals surface area contributed by atoms with Gasteiger partial charge in [0.05, 0.1) is 41.6 Å². The van der Waals surface area contributed by atoms with Crippen molar-refractivity contribution in [2.45, 2.75) is 70.4 Å². The molecule has 47 heavy (non-hydrogen) atoms. The van der Waals surface area contributed by atoms with Crippen LogP contribution in [-0.4, -0.2) is 50.8 Å². The first kappa shape index (κ1) is 32.5. The lowest BCUT2D eigenvalue weighted by atomic mass is 9.78. The van der Waals surface area contributed by atoms with Crippen molar-refractivity contribution in [3.05, 3.63) is 94.3 Å². The maximum atomic E-state index is 14.7. The summed E-state index contributed by atoms with van der Waals surface area (Å²) < 4.78 is 62.5. The molecule has 3 aliphatic rings. The molecule has 6 rings (SSSR count). The highest BCUT2D eigenvalue weighted by atomic mass is 19.4. The van der Waals surface area contributed by atoms with Crippen molar-refractivity contribution in [3.63, 3.8) is 0 Å². The first-order valence-electron chi connectivity index (χ1n) is 15.7. The van der Waals surface area contributed by atoms with Crippen LogP contribution in [0.1, 0.15) is 84.0 Å². The van der Waals surface area contributed by atoms with E-state index in [1.54, 1.807) is 0 Å². The summed E-state index contributed by atoms with van der Waals surface area (Å²) in [4.78, 5) is 44.3. The van der Waals surface area contributed by atoms with Crippen molar-refractivity contribution < 1.29 is 31.9 Å². The van der Waals surface area contributed by atoms with Gasteiger partial charge in [-0.3, -0.25) is 24.5 Å². The summed E-state index contributed by atoms with van der Waals surface area (Å²) in [5.74, 6) is -1.78. The molecule has 0 saturated carbocycles. The van der Waals surface area contributed by atoms with Crippen LogP contribution in [0.2, 0.25) is 0 Å². The van der Waals surface area contributed by atoms with E-state index < -0.39 is 46.5 Å². The minimum atomic E-state index is -4.81. The van der Waals surface area contributed by atoms with Gasteiger partial charge >= 0.3 is 6.18 Å². The second-order valence-corrected chi connectivity index (χ2v) is 12.8. The Morgan fingerprint density at radius 1 is 1.04 bits per heavy atom. The molecule has 2 amide bonds. The van der Waals surface area contributed by atoms with E-state index in [-0.39, 0.29) is 30.9 Å². The summed E-state index contributed by atoms with van der Waals surface area (Å²) in [5.41, 5.74) is 5.33. The van der Waals surface area contributed by atoms with Crippen molar-refractivity contribution in [3.8, 4) is 0 Å². The Hall–Kier alpha value is -4.39. The van der Waals surface area contributed by atoms with Gasteiger partial charge < -0.3 is 15.4 Å². The van der Waals surface area contributed by atoms with E-state index in [4.69, 9.17) is 15.5 Å². The predicted molar refractivity (Wildman–Crippen MR) is 164 cm³/mol. The third-order valence-electron chi connectivity index (χ3n) is 9.17. The summed E-state index contributed by atoms with van der Waals surface area (Å²) in [7, 11) is 0. The minimum Gasteiger partial charge on any atom is -0.381 e. The number of nitrogens with zero attached hydrogens (tertiary/aromatic N) is 5. The number of amides is 2. The summed E-state index contributed by atoms with van der Waals surface area (Å²) in [6.07, 6.45) is 0.164. The quantitative estimate of drug-likeness (QED) is 0.310. The van der Waals surface area contributed by atoms with Gasteiger partial charge in [0.15, 0.2) is 11.5 Å². The van der Waals surface area contributed by atoms with Crippen LogP contribution in [0, 0.1) is 17.7 Å². The zero-order valence-corrected chi connectivity index (χ0v) is 26.1. The lowest BCUT2D eigenvalue weighted by Crippen LogP contribution is -2.46. The van der Waals surface area contributed by atoms with Crippen molar-refractivity contribution in [2.75, 3.05) is 13.2 Å². The number of alkyl halides is 3. The number of hydrogen-bond donors (Lipinski definition) is 1. The van der Waals surface area contributed by atoms with Gasteiger partial charge in [0.25, 0.3) is 11.8 Å². The van der Waals surface area contributed by atoms with E-state index >= 15 is 0 Å². The number of nitrogens with two attached hydrogens (primary N) is 1. The Morgan fingerprint density at radius 3 is 2.28 bits per heavy atom. The Labute approximate surface area is 269 Å². The molecule has 248 valence electrons. The molecule has 1 fully saturated rings. The molecule has 2 aromatic carbocycles. The second kappa shape index (κ2) is 12.7. The topological polar surface area (TPSA) is 114 Å². The molecule has 4 heterocycles. The van der Waals surface area contributed by atoms with E-state index in [9.17, 15) is 27.2 Å². The predicted octanol–water partition coefficient (Wildman–Crippen LogP) is 5.75. The van der Waals surface area contributed by atoms with Gasteiger partial charge in [0, 0.05) is 25.6 Å². The fraction of sp³-hybridized carbons (Fsp3) is 0.441. The monoisotopic (exact) mass is 652 g/mol. The van der Waals surface area contributed by atoms with Crippen LogP contribution < -0.4 is 5.73 Å². The molecule has 1 unspecified atom stereocenters. The second-order valence-electron chi connectivity index (χ2n) is 12.8. The van der Waals surface area contributed by atoms with Crippen LogP contribution in [0.4, 0.5) is 17.6 Å². The van der Waals surface area contributed by atoms with Crippen LogP contribution >= 0.6 is 0 Å². The van der Waals surface area contributed by atoms with Crippen LogP contribution in [-0.2, 0) is 34.3 Å². The largest absolute Gasteiger partial charge is 0.417 e.